The molecule has 1 atom stereocenters. The Kier molecular flexibility index (Phi) is 10.2. The number of nitrogens with zero attached hydrogens (tertiary/aromatic N) is 1. The van der Waals surface area contributed by atoms with Gasteiger partial charge in [0, 0.05) is 29.6 Å². The van der Waals surface area contributed by atoms with E-state index in [-0.39, 0.29) is 22.9 Å². The highest BCUT2D eigenvalue weighted by molar-refractivity contribution is 6.21. The normalized spacial score (nSPS) is 15.6. The molecule has 1 aliphatic heterocycles. The highest BCUT2D eigenvalue weighted by atomic mass is 16.5. The highest BCUT2D eigenvalue weighted by Crippen LogP contribution is 2.48. The Balaban J connectivity index is 0.000000347. The van der Waals surface area contributed by atoms with Gasteiger partial charge in [-0.1, -0.05) is 31.6 Å². The Morgan fingerprint density at radius 1 is 1.26 bits per heavy atom. The second-order valence-electron chi connectivity index (χ2n) is 8.92. The topological polar surface area (TPSA) is 68.9 Å². The molecule has 34 heavy (non-hydrogen) atoms. The van der Waals surface area contributed by atoms with Gasteiger partial charge in [0.1, 0.15) is 30.6 Å². The molecule has 1 aromatic carbocycles. The van der Waals surface area contributed by atoms with Gasteiger partial charge >= 0.3 is 0 Å². The number of furan rings is 1. The van der Waals surface area contributed by atoms with Crippen molar-refractivity contribution in [3.63, 3.8) is 0 Å². The second-order valence-corrected chi connectivity index (χ2v) is 8.92. The van der Waals surface area contributed by atoms with Gasteiger partial charge in [-0.25, -0.2) is 0 Å². The Morgan fingerprint density at radius 3 is 2.68 bits per heavy atom. The Morgan fingerprint density at radius 2 is 2.03 bits per heavy atom. The maximum Gasteiger partial charge on any atom is 0.147 e. The zero-order chi connectivity index (χ0) is 25.1. The number of rotatable bonds is 8. The summed E-state index contributed by atoms with van der Waals surface area (Å²) < 4.78 is 12.2. The molecule has 3 rings (SSSR count). The number of allylic oxidation sites excluding steroid dienone is 1. The lowest BCUT2D eigenvalue weighted by Gasteiger charge is -2.38. The van der Waals surface area contributed by atoms with E-state index < -0.39 is 0 Å². The number of aryl methyl sites for hydroxylation is 1. The van der Waals surface area contributed by atoms with Gasteiger partial charge in [0.2, 0.25) is 0 Å². The third-order valence-electron chi connectivity index (χ3n) is 5.75. The lowest BCUT2D eigenvalue weighted by atomic mass is 9.78. The van der Waals surface area contributed by atoms with Crippen molar-refractivity contribution in [3.8, 4) is 29.4 Å². The summed E-state index contributed by atoms with van der Waals surface area (Å²) in [5, 5.41) is 3.52. The van der Waals surface area contributed by atoms with Gasteiger partial charge in [-0.15, -0.1) is 4.91 Å². The van der Waals surface area contributed by atoms with E-state index in [1.165, 1.54) is 36.5 Å². The number of unbranched alkanes of at least 4 members (excludes halogenated alkanes) is 2. The van der Waals surface area contributed by atoms with Crippen molar-refractivity contribution in [2.45, 2.75) is 84.7 Å². The van der Waals surface area contributed by atoms with Crippen molar-refractivity contribution in [2.24, 2.45) is 5.18 Å². The van der Waals surface area contributed by atoms with Crippen LogP contribution in [-0.4, -0.2) is 19.2 Å². The minimum atomic E-state index is -0.332. The third-order valence-corrected chi connectivity index (χ3v) is 5.75. The Bertz CT molecular complexity index is 1170. The Labute approximate surface area is 204 Å². The molecule has 5 nitrogen and oxygen atoms in total. The SMILES string of the molecule is CCCCCc1cc2c3c(coc3c1)C(CCC(C)=O)C(C)(C)O2.[B]/C(=C\C#CC#CC)N=O. The number of hydrogen-bond donors (Lipinski definition) is 0. The molecule has 0 amide bonds. The first-order valence-electron chi connectivity index (χ1n) is 11.7. The van der Waals surface area contributed by atoms with Crippen LogP contribution in [0, 0.1) is 28.6 Å². The smallest absolute Gasteiger partial charge is 0.147 e. The molecule has 0 spiro atoms. The van der Waals surface area contributed by atoms with Gasteiger partial charge in [0.15, 0.2) is 0 Å². The maximum absolute atomic E-state index is 11.4. The van der Waals surface area contributed by atoms with Gasteiger partial charge < -0.3 is 13.9 Å². The number of ether oxygens (including phenoxy) is 1. The number of benzene rings is 1. The minimum Gasteiger partial charge on any atom is -0.486 e. The van der Waals surface area contributed by atoms with Gasteiger partial charge in [0.05, 0.1) is 11.6 Å². The lowest BCUT2D eigenvalue weighted by molar-refractivity contribution is -0.117. The fourth-order valence-corrected chi connectivity index (χ4v) is 4.08. The molecule has 1 aliphatic rings. The molecule has 2 radical (unpaired) electrons. The molecule has 2 aromatic rings. The molecule has 6 heteroatoms. The number of nitroso groups, excluding NO2 is 1. The summed E-state index contributed by atoms with van der Waals surface area (Å²) in [6.07, 6.45) is 9.18. The van der Waals surface area contributed by atoms with Crippen LogP contribution in [0.5, 0.6) is 5.75 Å². The summed E-state index contributed by atoms with van der Waals surface area (Å²) in [6.45, 7) is 9.77. The minimum absolute atomic E-state index is 0.134. The van der Waals surface area contributed by atoms with E-state index in [0.717, 1.165) is 29.6 Å². The zero-order valence-corrected chi connectivity index (χ0v) is 20.8. The maximum atomic E-state index is 11.4. The van der Waals surface area contributed by atoms with Crippen LogP contribution in [0.4, 0.5) is 0 Å². The molecule has 0 saturated heterocycles. The van der Waals surface area contributed by atoms with E-state index in [1.807, 2.05) is 6.26 Å². The molecular formula is C28H32BNO4. The van der Waals surface area contributed by atoms with Crippen LogP contribution < -0.4 is 4.74 Å². The molecule has 2 heterocycles. The molecule has 176 valence electrons. The van der Waals surface area contributed by atoms with E-state index in [9.17, 15) is 9.70 Å². The molecule has 0 aliphatic carbocycles. The molecule has 0 N–H and O–H groups in total. The first-order chi connectivity index (χ1) is 16.2. The van der Waals surface area contributed by atoms with Crippen LogP contribution in [-0.2, 0) is 11.2 Å². The predicted molar refractivity (Wildman–Crippen MR) is 138 cm³/mol. The fourth-order valence-electron chi connectivity index (χ4n) is 4.08. The van der Waals surface area contributed by atoms with E-state index >= 15 is 0 Å². The van der Waals surface area contributed by atoms with Crippen molar-refractivity contribution < 1.29 is 13.9 Å². The van der Waals surface area contributed by atoms with E-state index in [0.29, 0.717) is 6.42 Å². The van der Waals surface area contributed by atoms with Crippen molar-refractivity contribution >= 4 is 24.6 Å². The average Bonchev–Trinajstić information content (AvgIpc) is 3.20. The van der Waals surface area contributed by atoms with E-state index in [1.54, 1.807) is 13.8 Å². The zero-order valence-electron chi connectivity index (χ0n) is 20.8. The summed E-state index contributed by atoms with van der Waals surface area (Å²) in [5.41, 5.74) is 2.92. The summed E-state index contributed by atoms with van der Waals surface area (Å²) in [4.78, 5) is 21.1. The van der Waals surface area contributed by atoms with Gasteiger partial charge in [-0.2, -0.15) is 0 Å². The number of hydrogen-bond acceptors (Lipinski definition) is 5. The van der Waals surface area contributed by atoms with Crippen molar-refractivity contribution in [3.05, 3.63) is 46.1 Å². The molecule has 1 unspecified atom stereocenters. The fraction of sp³-hybridized carbons (Fsp3) is 0.464. The third kappa shape index (κ3) is 7.39. The lowest BCUT2D eigenvalue weighted by Crippen LogP contribution is -2.38. The average molecular weight is 457 g/mol. The summed E-state index contributed by atoms with van der Waals surface area (Å²) in [6, 6.07) is 4.33. The van der Waals surface area contributed by atoms with Gasteiger partial charge in [-0.05, 0) is 81.7 Å². The standard InChI is InChI=1S/C21H28O3.C7H4BNO/c1-5-6-7-8-15-11-18-20-16(13-23-18)17(10-9-14(2)22)21(3,4)24-19(20)12-15;1-2-3-4-5-6-7(8)9-10/h11-13,17H,5-10H2,1-4H3;6H,1H3/b;7-6+. The van der Waals surface area contributed by atoms with Crippen LogP contribution in [0.3, 0.4) is 0 Å². The van der Waals surface area contributed by atoms with E-state index in [4.69, 9.17) is 17.0 Å². The largest absolute Gasteiger partial charge is 0.486 e. The van der Waals surface area contributed by atoms with Gasteiger partial charge in [-0.3, -0.25) is 0 Å². The molecule has 0 fully saturated rings. The number of Topliss-reactive ketones (excluding diaryl/α,β-unsaturated/α-hetero) is 1. The van der Waals surface area contributed by atoms with Crippen LogP contribution >= 0.6 is 0 Å². The number of carbonyl (C=O) groups excluding carboxylic acids is 1. The Hall–Kier alpha value is -3.25. The first-order valence-corrected chi connectivity index (χ1v) is 11.7. The van der Waals surface area contributed by atoms with Crippen LogP contribution in [0.2, 0.25) is 0 Å². The van der Waals surface area contributed by atoms with Crippen LogP contribution in [0.25, 0.3) is 11.0 Å². The van der Waals surface area contributed by atoms with Crippen molar-refractivity contribution in [1.82, 2.24) is 0 Å². The summed E-state index contributed by atoms with van der Waals surface area (Å²) >= 11 is 0. The van der Waals surface area contributed by atoms with E-state index in [2.05, 4.69) is 61.8 Å². The monoisotopic (exact) mass is 457 g/mol. The molecular weight excluding hydrogens is 425 g/mol. The van der Waals surface area contributed by atoms with Crippen LogP contribution in [0.15, 0.2) is 39.7 Å². The van der Waals surface area contributed by atoms with Gasteiger partial charge in [0.25, 0.3) is 0 Å². The molecule has 1 aromatic heterocycles. The summed E-state index contributed by atoms with van der Waals surface area (Å²) in [7, 11) is 4.99. The van der Waals surface area contributed by atoms with Crippen molar-refractivity contribution in [2.75, 3.05) is 0 Å². The molecule has 0 bridgehead atoms. The summed E-state index contributed by atoms with van der Waals surface area (Å²) in [5.74, 6) is 11.2. The number of carbonyl (C=O) groups is 1. The first kappa shape index (κ1) is 27.0. The number of ketones is 1. The van der Waals surface area contributed by atoms with Crippen molar-refractivity contribution in [1.29, 1.82) is 0 Å². The highest BCUT2D eigenvalue weighted by Gasteiger charge is 2.40. The molecule has 0 saturated carbocycles. The van der Waals surface area contributed by atoms with Crippen LogP contribution in [0.1, 0.15) is 83.8 Å². The quantitative estimate of drug-likeness (QED) is 0.194. The second kappa shape index (κ2) is 12.9. The predicted octanol–water partition coefficient (Wildman–Crippen LogP) is 6.58.